The van der Waals surface area contributed by atoms with Crippen molar-refractivity contribution in [3.8, 4) is 0 Å². The highest BCUT2D eigenvalue weighted by Gasteiger charge is 2.46. The molecule has 0 radical (unpaired) electrons. The summed E-state index contributed by atoms with van der Waals surface area (Å²) in [6.45, 7) is 1.17. The summed E-state index contributed by atoms with van der Waals surface area (Å²) in [6, 6.07) is 1.21. The molecule has 5 atom stereocenters. The second-order valence-corrected chi connectivity index (χ2v) is 4.93. The van der Waals surface area contributed by atoms with Crippen molar-refractivity contribution in [2.24, 2.45) is 0 Å². The van der Waals surface area contributed by atoms with Gasteiger partial charge in [0.15, 0.2) is 0 Å². The van der Waals surface area contributed by atoms with E-state index in [1.807, 2.05) is 0 Å². The zero-order chi connectivity index (χ0) is 14.2. The largest absolute Gasteiger partial charge is 0.394 e. The van der Waals surface area contributed by atoms with Crippen LogP contribution in [0, 0.1) is 6.92 Å². The molecule has 0 aliphatic carbocycles. The Kier molecular flexibility index (Phi) is 4.22. The van der Waals surface area contributed by atoms with Gasteiger partial charge in [-0.05, 0) is 6.92 Å². The molecule has 2 heterocycles. The van der Waals surface area contributed by atoms with Crippen molar-refractivity contribution in [3.63, 3.8) is 0 Å². The molecular formula is C11H15ClN2O5. The number of halogens is 1. The number of H-pyrrole nitrogens is 1. The van der Waals surface area contributed by atoms with Gasteiger partial charge in [-0.15, -0.1) is 11.6 Å². The summed E-state index contributed by atoms with van der Waals surface area (Å²) >= 11 is 6.15. The maximum Gasteiger partial charge on any atom is 0.251 e. The first-order valence-corrected chi connectivity index (χ1v) is 6.22. The van der Waals surface area contributed by atoms with E-state index in [1.54, 1.807) is 6.92 Å². The highest BCUT2D eigenvalue weighted by atomic mass is 35.5. The second kappa shape index (κ2) is 5.56. The molecule has 1 aliphatic rings. The molecule has 1 fully saturated rings. The van der Waals surface area contributed by atoms with Gasteiger partial charge in [-0.1, -0.05) is 0 Å². The van der Waals surface area contributed by atoms with E-state index in [2.05, 4.69) is 9.97 Å². The lowest BCUT2D eigenvalue weighted by Gasteiger charge is -2.19. The zero-order valence-corrected chi connectivity index (χ0v) is 10.9. The predicted octanol–water partition coefficient (Wildman–Crippen LogP) is -1.16. The first-order chi connectivity index (χ1) is 8.93. The van der Waals surface area contributed by atoms with Crippen LogP contribution in [0.2, 0.25) is 0 Å². The Morgan fingerprint density at radius 2 is 2.21 bits per heavy atom. The molecule has 1 saturated heterocycles. The Labute approximate surface area is 113 Å². The molecule has 1 aromatic heterocycles. The van der Waals surface area contributed by atoms with Crippen LogP contribution >= 0.6 is 11.6 Å². The van der Waals surface area contributed by atoms with Gasteiger partial charge in [-0.2, -0.15) is 0 Å². The SMILES string of the molecule is Cc1nc(C(Cl)C2OC(CO)C(O)C2O)cc(=O)[nH]1. The zero-order valence-electron chi connectivity index (χ0n) is 10.2. The van der Waals surface area contributed by atoms with Crippen LogP contribution in [0.1, 0.15) is 16.9 Å². The first kappa shape index (κ1) is 14.4. The highest BCUT2D eigenvalue weighted by molar-refractivity contribution is 6.21. The fraction of sp³-hybridized carbons (Fsp3) is 0.636. The number of rotatable bonds is 3. The molecule has 0 saturated carbocycles. The van der Waals surface area contributed by atoms with E-state index in [0.717, 1.165) is 0 Å². The van der Waals surface area contributed by atoms with Gasteiger partial charge in [0.1, 0.15) is 35.6 Å². The first-order valence-electron chi connectivity index (χ1n) is 5.78. The van der Waals surface area contributed by atoms with Crippen molar-refractivity contribution in [1.82, 2.24) is 9.97 Å². The summed E-state index contributed by atoms with van der Waals surface area (Å²) in [7, 11) is 0. The second-order valence-electron chi connectivity index (χ2n) is 4.46. The lowest BCUT2D eigenvalue weighted by molar-refractivity contribution is -0.0232. The Morgan fingerprint density at radius 1 is 1.53 bits per heavy atom. The van der Waals surface area contributed by atoms with Crippen LogP contribution in [0.5, 0.6) is 0 Å². The highest BCUT2D eigenvalue weighted by Crippen LogP contribution is 2.34. The smallest absolute Gasteiger partial charge is 0.251 e. The van der Waals surface area contributed by atoms with Crippen molar-refractivity contribution in [1.29, 1.82) is 0 Å². The van der Waals surface area contributed by atoms with Crippen molar-refractivity contribution in [2.75, 3.05) is 6.61 Å². The van der Waals surface area contributed by atoms with E-state index in [4.69, 9.17) is 21.4 Å². The lowest BCUT2D eigenvalue weighted by atomic mass is 10.0. The van der Waals surface area contributed by atoms with Crippen LogP contribution in [0.15, 0.2) is 10.9 Å². The Bertz CT molecular complexity index is 508. The number of aryl methyl sites for hydroxylation is 1. The van der Waals surface area contributed by atoms with Crippen LogP contribution in [-0.2, 0) is 4.74 Å². The number of nitrogens with one attached hydrogen (secondary N) is 1. The molecule has 5 unspecified atom stereocenters. The lowest BCUT2D eigenvalue weighted by Crippen LogP contribution is -2.35. The van der Waals surface area contributed by atoms with Gasteiger partial charge in [0, 0.05) is 6.07 Å². The fourth-order valence-corrected chi connectivity index (χ4v) is 2.40. The number of aliphatic hydroxyl groups excluding tert-OH is 3. The number of ether oxygens (including phenoxy) is 1. The van der Waals surface area contributed by atoms with Gasteiger partial charge >= 0.3 is 0 Å². The minimum absolute atomic E-state index is 0.248. The Balaban J connectivity index is 2.24. The number of nitrogens with zero attached hydrogens (tertiary/aromatic N) is 1. The van der Waals surface area contributed by atoms with Crippen LogP contribution in [-0.4, -0.2) is 56.3 Å². The number of hydrogen-bond acceptors (Lipinski definition) is 6. The molecule has 2 rings (SSSR count). The van der Waals surface area contributed by atoms with Gasteiger partial charge < -0.3 is 25.0 Å². The molecule has 8 heteroatoms. The standard InChI is InChI=1S/C11H15ClN2O5/c1-4-13-5(2-7(16)14-4)8(12)11-10(18)9(17)6(3-15)19-11/h2,6,8-11,15,17-18H,3H2,1H3,(H,13,14,16). The van der Waals surface area contributed by atoms with Crippen molar-refractivity contribution in [2.45, 2.75) is 36.7 Å². The van der Waals surface area contributed by atoms with E-state index in [0.29, 0.717) is 5.82 Å². The summed E-state index contributed by atoms with van der Waals surface area (Å²) in [6.07, 6.45) is -4.31. The minimum Gasteiger partial charge on any atom is -0.394 e. The number of aromatic nitrogens is 2. The summed E-state index contributed by atoms with van der Waals surface area (Å²) < 4.78 is 5.30. The molecule has 106 valence electrons. The summed E-state index contributed by atoms with van der Waals surface area (Å²) in [4.78, 5) is 17.9. The van der Waals surface area contributed by atoms with Crippen LogP contribution in [0.3, 0.4) is 0 Å². The maximum absolute atomic E-state index is 11.3. The predicted molar refractivity (Wildman–Crippen MR) is 65.9 cm³/mol. The molecule has 1 aliphatic heterocycles. The molecule has 7 nitrogen and oxygen atoms in total. The van der Waals surface area contributed by atoms with E-state index < -0.39 is 36.4 Å². The van der Waals surface area contributed by atoms with Gasteiger partial charge in [0.05, 0.1) is 12.3 Å². The fourth-order valence-electron chi connectivity index (χ4n) is 2.08. The number of alkyl halides is 1. The molecule has 0 spiro atoms. The van der Waals surface area contributed by atoms with E-state index in [9.17, 15) is 15.0 Å². The van der Waals surface area contributed by atoms with E-state index in [1.165, 1.54) is 6.07 Å². The average molecular weight is 291 g/mol. The van der Waals surface area contributed by atoms with Gasteiger partial charge in [0.25, 0.3) is 5.56 Å². The van der Waals surface area contributed by atoms with Crippen molar-refractivity contribution >= 4 is 11.6 Å². The molecule has 0 bridgehead atoms. The molecule has 4 N–H and O–H groups in total. The quantitative estimate of drug-likeness (QED) is 0.522. The van der Waals surface area contributed by atoms with Gasteiger partial charge in [0.2, 0.25) is 0 Å². The minimum atomic E-state index is -1.25. The summed E-state index contributed by atoms with van der Waals surface area (Å²) in [5.74, 6) is 0.389. The normalized spacial score (nSPS) is 32.5. The summed E-state index contributed by atoms with van der Waals surface area (Å²) in [5, 5.41) is 27.6. The van der Waals surface area contributed by atoms with Crippen LogP contribution < -0.4 is 5.56 Å². The van der Waals surface area contributed by atoms with Crippen LogP contribution in [0.25, 0.3) is 0 Å². The third kappa shape index (κ3) is 2.80. The van der Waals surface area contributed by atoms with E-state index >= 15 is 0 Å². The molecule has 0 amide bonds. The van der Waals surface area contributed by atoms with Gasteiger partial charge in [-0.25, -0.2) is 4.98 Å². The Morgan fingerprint density at radius 3 is 2.74 bits per heavy atom. The maximum atomic E-state index is 11.3. The third-order valence-corrected chi connectivity index (χ3v) is 3.50. The van der Waals surface area contributed by atoms with Crippen molar-refractivity contribution in [3.05, 3.63) is 27.9 Å². The van der Waals surface area contributed by atoms with Crippen LogP contribution in [0.4, 0.5) is 0 Å². The van der Waals surface area contributed by atoms with E-state index in [-0.39, 0.29) is 11.3 Å². The number of hydrogen-bond donors (Lipinski definition) is 4. The summed E-state index contributed by atoms with van der Waals surface area (Å²) in [5.41, 5.74) is -0.113. The monoisotopic (exact) mass is 290 g/mol. The molecular weight excluding hydrogens is 276 g/mol. The Hall–Kier alpha value is -0.990. The number of aliphatic hydroxyl groups is 3. The molecule has 19 heavy (non-hydrogen) atoms. The third-order valence-electron chi connectivity index (χ3n) is 3.03. The molecule has 1 aromatic rings. The molecule has 0 aromatic carbocycles. The topological polar surface area (TPSA) is 116 Å². The van der Waals surface area contributed by atoms with Gasteiger partial charge in [-0.3, -0.25) is 4.79 Å². The number of aromatic amines is 1. The van der Waals surface area contributed by atoms with Crippen molar-refractivity contribution < 1.29 is 20.1 Å². The average Bonchev–Trinajstić information content (AvgIpc) is 2.64.